The Hall–Kier alpha value is -0.550. The molecule has 0 amide bonds. The average molecular weight is 240 g/mol. The van der Waals surface area contributed by atoms with E-state index < -0.39 is 0 Å². The summed E-state index contributed by atoms with van der Waals surface area (Å²) in [5, 5.41) is 12.8. The summed E-state index contributed by atoms with van der Waals surface area (Å²) in [7, 11) is 2.02. The predicted molar refractivity (Wildman–Crippen MR) is 66.7 cm³/mol. The van der Waals surface area contributed by atoms with Crippen molar-refractivity contribution in [3.63, 3.8) is 0 Å². The van der Waals surface area contributed by atoms with Gasteiger partial charge in [0.1, 0.15) is 5.82 Å². The smallest absolute Gasteiger partial charge is 0.190 e. The lowest BCUT2D eigenvalue weighted by Gasteiger charge is -2.08. The highest BCUT2D eigenvalue weighted by Crippen LogP contribution is 2.18. The zero-order chi connectivity index (χ0) is 11.4. The van der Waals surface area contributed by atoms with Gasteiger partial charge in [-0.25, -0.2) is 0 Å². The van der Waals surface area contributed by atoms with Crippen LogP contribution in [0.1, 0.15) is 31.5 Å². The molecule has 1 aliphatic heterocycles. The van der Waals surface area contributed by atoms with Crippen molar-refractivity contribution in [2.45, 2.75) is 43.8 Å². The molecule has 0 radical (unpaired) electrons. The zero-order valence-corrected chi connectivity index (χ0v) is 10.9. The van der Waals surface area contributed by atoms with Gasteiger partial charge in [0.2, 0.25) is 0 Å². The van der Waals surface area contributed by atoms with E-state index in [0.29, 0.717) is 0 Å². The number of hydrogen-bond donors (Lipinski definition) is 1. The molecule has 0 aromatic carbocycles. The fraction of sp³-hybridized carbons (Fsp3) is 0.818. The van der Waals surface area contributed by atoms with Crippen LogP contribution >= 0.6 is 11.8 Å². The van der Waals surface area contributed by atoms with Crippen molar-refractivity contribution in [3.05, 3.63) is 5.82 Å². The molecule has 1 aliphatic rings. The molecule has 4 nitrogen and oxygen atoms in total. The second kappa shape index (κ2) is 5.68. The molecule has 0 aliphatic carbocycles. The molecule has 0 saturated carbocycles. The van der Waals surface area contributed by atoms with Gasteiger partial charge in [0.25, 0.3) is 0 Å². The van der Waals surface area contributed by atoms with E-state index in [2.05, 4.69) is 20.1 Å². The maximum Gasteiger partial charge on any atom is 0.190 e. The molecule has 90 valence electrons. The highest BCUT2D eigenvalue weighted by atomic mass is 32.2. The second-order valence-corrected chi connectivity index (χ2v) is 5.43. The largest absolute Gasteiger partial charge is 0.314 e. The molecule has 2 heterocycles. The molecule has 16 heavy (non-hydrogen) atoms. The highest BCUT2D eigenvalue weighted by Gasteiger charge is 2.13. The van der Waals surface area contributed by atoms with Gasteiger partial charge in [0.05, 0.1) is 0 Å². The van der Waals surface area contributed by atoms with Gasteiger partial charge in [0.15, 0.2) is 5.16 Å². The molecule has 1 fully saturated rings. The Morgan fingerprint density at radius 1 is 1.50 bits per heavy atom. The van der Waals surface area contributed by atoms with Gasteiger partial charge in [-0.2, -0.15) is 0 Å². The lowest BCUT2D eigenvalue weighted by Crippen LogP contribution is -2.21. The number of rotatable bonds is 5. The quantitative estimate of drug-likeness (QED) is 0.629. The highest BCUT2D eigenvalue weighted by molar-refractivity contribution is 7.99. The molecule has 1 unspecified atom stereocenters. The molecule has 1 N–H and O–H groups in total. The number of aromatic nitrogens is 3. The topological polar surface area (TPSA) is 42.7 Å². The molecule has 1 atom stereocenters. The maximum atomic E-state index is 4.14. The molecule has 0 bridgehead atoms. The normalized spacial score (nSPS) is 20.5. The first-order chi connectivity index (χ1) is 7.77. The first-order valence-corrected chi connectivity index (χ1v) is 6.98. The van der Waals surface area contributed by atoms with Crippen molar-refractivity contribution in [2.75, 3.05) is 12.3 Å². The Morgan fingerprint density at radius 2 is 2.38 bits per heavy atom. The first-order valence-electron chi connectivity index (χ1n) is 5.99. The number of nitrogens with zero attached hydrogens (tertiary/aromatic N) is 3. The number of thioether (sulfide) groups is 1. The minimum atomic E-state index is 0.766. The van der Waals surface area contributed by atoms with Crippen molar-refractivity contribution in [3.8, 4) is 0 Å². The third-order valence-electron chi connectivity index (χ3n) is 3.14. The molecular weight excluding hydrogens is 220 g/mol. The van der Waals surface area contributed by atoms with Crippen LogP contribution in [0.15, 0.2) is 5.16 Å². The summed E-state index contributed by atoms with van der Waals surface area (Å²) in [6.07, 6.45) is 5.26. The van der Waals surface area contributed by atoms with Gasteiger partial charge in [-0.15, -0.1) is 10.2 Å². The maximum absolute atomic E-state index is 4.14. The summed E-state index contributed by atoms with van der Waals surface area (Å²) in [6.45, 7) is 3.19. The van der Waals surface area contributed by atoms with Gasteiger partial charge in [0, 0.05) is 18.8 Å². The third kappa shape index (κ3) is 2.98. The Kier molecular flexibility index (Phi) is 4.23. The molecule has 5 heteroatoms. The molecule has 1 aromatic rings. The van der Waals surface area contributed by atoms with E-state index in [1.54, 1.807) is 0 Å². The Morgan fingerprint density at radius 3 is 3.00 bits per heavy atom. The Labute approximate surface area is 101 Å². The molecule has 0 spiro atoms. The fourth-order valence-corrected chi connectivity index (χ4v) is 2.93. The lowest BCUT2D eigenvalue weighted by atomic mass is 10.1. The van der Waals surface area contributed by atoms with Crippen molar-refractivity contribution in [2.24, 2.45) is 7.05 Å². The summed E-state index contributed by atoms with van der Waals surface area (Å²) in [6, 6.07) is 0.766. The van der Waals surface area contributed by atoms with E-state index >= 15 is 0 Å². The number of aryl methyl sites for hydroxylation is 1. The molecule has 1 aromatic heterocycles. The van der Waals surface area contributed by atoms with Crippen LogP contribution < -0.4 is 5.32 Å². The van der Waals surface area contributed by atoms with Crippen LogP contribution in [0.4, 0.5) is 0 Å². The minimum Gasteiger partial charge on any atom is -0.314 e. The van der Waals surface area contributed by atoms with E-state index in [-0.39, 0.29) is 0 Å². The summed E-state index contributed by atoms with van der Waals surface area (Å²) < 4.78 is 2.05. The van der Waals surface area contributed by atoms with E-state index in [1.165, 1.54) is 32.2 Å². The van der Waals surface area contributed by atoms with Gasteiger partial charge >= 0.3 is 0 Å². The Bertz CT molecular complexity index is 331. The monoisotopic (exact) mass is 240 g/mol. The van der Waals surface area contributed by atoms with Crippen molar-refractivity contribution >= 4 is 11.8 Å². The van der Waals surface area contributed by atoms with Crippen LogP contribution in [0.2, 0.25) is 0 Å². The standard InChI is InChI=1S/C11H20N4S/c1-9-13-14-11(15(9)2)16-8-4-6-10-5-3-7-12-10/h10,12H,3-8H2,1-2H3. The summed E-state index contributed by atoms with van der Waals surface area (Å²) in [4.78, 5) is 0. The summed E-state index contributed by atoms with van der Waals surface area (Å²) >= 11 is 1.81. The fourth-order valence-electron chi connectivity index (χ4n) is 2.01. The van der Waals surface area contributed by atoms with E-state index in [0.717, 1.165) is 22.8 Å². The van der Waals surface area contributed by atoms with Gasteiger partial charge < -0.3 is 9.88 Å². The van der Waals surface area contributed by atoms with Crippen LogP contribution in [-0.2, 0) is 7.05 Å². The molecule has 1 saturated heterocycles. The molecule has 2 rings (SSSR count). The van der Waals surface area contributed by atoms with Crippen LogP contribution in [0.5, 0.6) is 0 Å². The van der Waals surface area contributed by atoms with Crippen LogP contribution in [0.3, 0.4) is 0 Å². The second-order valence-electron chi connectivity index (χ2n) is 4.37. The van der Waals surface area contributed by atoms with E-state index in [1.807, 2.05) is 25.7 Å². The Balaban J connectivity index is 1.66. The van der Waals surface area contributed by atoms with Gasteiger partial charge in [-0.05, 0) is 39.2 Å². The lowest BCUT2D eigenvalue weighted by molar-refractivity contribution is 0.553. The minimum absolute atomic E-state index is 0.766. The predicted octanol–water partition coefficient (Wildman–Crippen LogP) is 1.75. The summed E-state index contributed by atoms with van der Waals surface area (Å²) in [5.74, 6) is 2.13. The zero-order valence-electron chi connectivity index (χ0n) is 10.1. The molecular formula is C11H20N4S. The van der Waals surface area contributed by atoms with E-state index in [4.69, 9.17) is 0 Å². The van der Waals surface area contributed by atoms with Gasteiger partial charge in [-0.3, -0.25) is 0 Å². The SMILES string of the molecule is Cc1nnc(SCCCC2CCCN2)n1C. The first kappa shape index (κ1) is 11.9. The van der Waals surface area contributed by atoms with E-state index in [9.17, 15) is 0 Å². The summed E-state index contributed by atoms with van der Waals surface area (Å²) in [5.41, 5.74) is 0. The number of hydrogen-bond acceptors (Lipinski definition) is 4. The van der Waals surface area contributed by atoms with Gasteiger partial charge in [-0.1, -0.05) is 11.8 Å². The van der Waals surface area contributed by atoms with Crippen LogP contribution in [0.25, 0.3) is 0 Å². The third-order valence-corrected chi connectivity index (χ3v) is 4.25. The van der Waals surface area contributed by atoms with Crippen molar-refractivity contribution in [1.82, 2.24) is 20.1 Å². The van der Waals surface area contributed by atoms with Crippen molar-refractivity contribution in [1.29, 1.82) is 0 Å². The average Bonchev–Trinajstić information content (AvgIpc) is 2.88. The number of nitrogens with one attached hydrogen (secondary N) is 1. The van der Waals surface area contributed by atoms with Crippen LogP contribution in [0, 0.1) is 6.92 Å². The van der Waals surface area contributed by atoms with Crippen molar-refractivity contribution < 1.29 is 0 Å². The van der Waals surface area contributed by atoms with Crippen LogP contribution in [-0.4, -0.2) is 33.1 Å².